The number of halogens is 2. The van der Waals surface area contributed by atoms with Crippen LogP contribution in [0.3, 0.4) is 0 Å². The van der Waals surface area contributed by atoms with Crippen LogP contribution in [-0.2, 0) is 0 Å². The van der Waals surface area contributed by atoms with E-state index in [0.29, 0.717) is 6.42 Å². The molecule has 0 aromatic heterocycles. The maximum Gasteiger partial charge on any atom is 0.266 e. The molecule has 0 aromatic carbocycles. The van der Waals surface area contributed by atoms with E-state index >= 15 is 0 Å². The van der Waals surface area contributed by atoms with Gasteiger partial charge in [-0.1, -0.05) is 20.3 Å². The molecular formula is C7H14F2O. The molecule has 2 atom stereocenters. The zero-order valence-corrected chi connectivity index (χ0v) is 6.56. The van der Waals surface area contributed by atoms with Crippen molar-refractivity contribution in [3.05, 3.63) is 0 Å². The molecule has 3 heteroatoms. The van der Waals surface area contributed by atoms with Crippen LogP contribution in [-0.4, -0.2) is 17.1 Å². The first kappa shape index (κ1) is 9.82. The van der Waals surface area contributed by atoms with Gasteiger partial charge in [-0.3, -0.25) is 0 Å². The molecule has 0 amide bonds. The molecule has 0 saturated heterocycles. The summed E-state index contributed by atoms with van der Waals surface area (Å²) < 4.78 is 24.0. The van der Waals surface area contributed by atoms with Crippen molar-refractivity contribution in [1.82, 2.24) is 0 Å². The van der Waals surface area contributed by atoms with Gasteiger partial charge in [0.15, 0.2) is 0 Å². The molecule has 0 saturated carbocycles. The quantitative estimate of drug-likeness (QED) is 0.656. The first-order chi connectivity index (χ1) is 4.42. The van der Waals surface area contributed by atoms with E-state index in [-0.39, 0.29) is 5.92 Å². The van der Waals surface area contributed by atoms with Crippen molar-refractivity contribution in [2.75, 3.05) is 0 Å². The van der Waals surface area contributed by atoms with Gasteiger partial charge in [0.05, 0.1) is 0 Å². The topological polar surface area (TPSA) is 20.2 Å². The molecule has 0 aliphatic rings. The molecule has 0 rings (SSSR count). The predicted molar refractivity (Wildman–Crippen MR) is 36.1 cm³/mol. The molecule has 62 valence electrons. The molecule has 0 spiro atoms. The van der Waals surface area contributed by atoms with Crippen molar-refractivity contribution < 1.29 is 13.9 Å². The molecule has 1 nitrogen and oxygen atoms in total. The van der Waals surface area contributed by atoms with Gasteiger partial charge in [0.25, 0.3) is 6.43 Å². The van der Waals surface area contributed by atoms with Crippen LogP contribution >= 0.6 is 0 Å². The third-order valence-electron chi connectivity index (χ3n) is 2.05. The van der Waals surface area contributed by atoms with Crippen LogP contribution in [0, 0.1) is 5.92 Å². The SMILES string of the molecule is CCC(C)C(C)(O)C(F)F. The highest BCUT2D eigenvalue weighted by Crippen LogP contribution is 2.26. The Morgan fingerprint density at radius 2 is 1.90 bits per heavy atom. The summed E-state index contributed by atoms with van der Waals surface area (Å²) in [6.45, 7) is 4.57. The van der Waals surface area contributed by atoms with Crippen molar-refractivity contribution in [3.8, 4) is 0 Å². The Balaban J connectivity index is 4.09. The Hall–Kier alpha value is -0.180. The number of hydrogen-bond acceptors (Lipinski definition) is 1. The third kappa shape index (κ3) is 1.90. The minimum absolute atomic E-state index is 0.354. The van der Waals surface area contributed by atoms with E-state index in [1.807, 2.05) is 0 Å². The lowest BCUT2D eigenvalue weighted by Crippen LogP contribution is -2.40. The van der Waals surface area contributed by atoms with Crippen LogP contribution in [0.2, 0.25) is 0 Å². The van der Waals surface area contributed by atoms with E-state index in [1.54, 1.807) is 13.8 Å². The highest BCUT2D eigenvalue weighted by Gasteiger charge is 2.36. The number of rotatable bonds is 3. The van der Waals surface area contributed by atoms with Gasteiger partial charge in [0.1, 0.15) is 5.60 Å². The zero-order chi connectivity index (χ0) is 8.36. The summed E-state index contributed by atoms with van der Waals surface area (Å²) in [6.07, 6.45) is -2.08. The summed E-state index contributed by atoms with van der Waals surface area (Å²) in [5.41, 5.74) is -1.82. The van der Waals surface area contributed by atoms with Gasteiger partial charge in [0, 0.05) is 0 Å². The Kier molecular flexibility index (Phi) is 3.22. The predicted octanol–water partition coefficient (Wildman–Crippen LogP) is 2.05. The van der Waals surface area contributed by atoms with E-state index in [9.17, 15) is 8.78 Å². The zero-order valence-electron chi connectivity index (χ0n) is 6.56. The maximum atomic E-state index is 12.0. The average molecular weight is 152 g/mol. The first-order valence-corrected chi connectivity index (χ1v) is 3.43. The second kappa shape index (κ2) is 3.28. The molecule has 0 fully saturated rings. The van der Waals surface area contributed by atoms with Crippen LogP contribution in [0.15, 0.2) is 0 Å². The van der Waals surface area contributed by atoms with E-state index in [1.165, 1.54) is 6.92 Å². The second-order valence-electron chi connectivity index (χ2n) is 2.84. The minimum atomic E-state index is -2.65. The Morgan fingerprint density at radius 1 is 1.50 bits per heavy atom. The van der Waals surface area contributed by atoms with Gasteiger partial charge >= 0.3 is 0 Å². The summed E-state index contributed by atoms with van der Waals surface area (Å²) in [5.74, 6) is -0.354. The van der Waals surface area contributed by atoms with Crippen LogP contribution in [0.25, 0.3) is 0 Å². The maximum absolute atomic E-state index is 12.0. The minimum Gasteiger partial charge on any atom is -0.384 e. The molecule has 2 unspecified atom stereocenters. The standard InChI is InChI=1S/C7H14F2O/c1-4-5(2)7(3,10)6(8)9/h5-6,10H,4H2,1-3H3. The number of hydrogen-bond donors (Lipinski definition) is 1. The van der Waals surface area contributed by atoms with Crippen LogP contribution in [0.1, 0.15) is 27.2 Å². The lowest BCUT2D eigenvalue weighted by molar-refractivity contribution is -0.116. The van der Waals surface area contributed by atoms with Crippen molar-refractivity contribution >= 4 is 0 Å². The van der Waals surface area contributed by atoms with Crippen LogP contribution in [0.4, 0.5) is 8.78 Å². The van der Waals surface area contributed by atoms with Gasteiger partial charge < -0.3 is 5.11 Å². The van der Waals surface area contributed by atoms with Gasteiger partial charge in [-0.05, 0) is 12.8 Å². The Labute approximate surface area is 60.1 Å². The molecule has 0 radical (unpaired) electrons. The van der Waals surface area contributed by atoms with Gasteiger partial charge in [0.2, 0.25) is 0 Å². The van der Waals surface area contributed by atoms with E-state index in [4.69, 9.17) is 5.11 Å². The molecule has 0 aliphatic carbocycles. The summed E-state index contributed by atoms with van der Waals surface area (Å²) in [6, 6.07) is 0. The molecule has 0 aliphatic heterocycles. The fourth-order valence-corrected chi connectivity index (χ4v) is 0.628. The van der Waals surface area contributed by atoms with Crippen molar-refractivity contribution in [2.45, 2.75) is 39.2 Å². The van der Waals surface area contributed by atoms with E-state index in [2.05, 4.69) is 0 Å². The van der Waals surface area contributed by atoms with Crippen molar-refractivity contribution in [3.63, 3.8) is 0 Å². The van der Waals surface area contributed by atoms with Crippen molar-refractivity contribution in [1.29, 1.82) is 0 Å². The molecule has 0 aromatic rings. The number of aliphatic hydroxyl groups is 1. The van der Waals surface area contributed by atoms with E-state index < -0.39 is 12.0 Å². The summed E-state index contributed by atoms with van der Waals surface area (Å²) >= 11 is 0. The lowest BCUT2D eigenvalue weighted by Gasteiger charge is -2.28. The highest BCUT2D eigenvalue weighted by atomic mass is 19.3. The monoisotopic (exact) mass is 152 g/mol. The molecular weight excluding hydrogens is 138 g/mol. The highest BCUT2D eigenvalue weighted by molar-refractivity contribution is 4.80. The third-order valence-corrected chi connectivity index (χ3v) is 2.05. The Morgan fingerprint density at radius 3 is 2.00 bits per heavy atom. The first-order valence-electron chi connectivity index (χ1n) is 3.43. The average Bonchev–Trinajstić information content (AvgIpc) is 1.86. The molecule has 1 N–H and O–H groups in total. The summed E-state index contributed by atoms with van der Waals surface area (Å²) in [4.78, 5) is 0. The normalized spacial score (nSPS) is 20.7. The molecule has 0 bridgehead atoms. The van der Waals surface area contributed by atoms with Crippen molar-refractivity contribution in [2.24, 2.45) is 5.92 Å². The fourth-order valence-electron chi connectivity index (χ4n) is 0.628. The van der Waals surface area contributed by atoms with Crippen LogP contribution in [0.5, 0.6) is 0 Å². The molecule has 0 heterocycles. The Bertz CT molecular complexity index is 102. The van der Waals surface area contributed by atoms with Gasteiger partial charge in [-0.2, -0.15) is 0 Å². The lowest BCUT2D eigenvalue weighted by atomic mass is 9.89. The van der Waals surface area contributed by atoms with Gasteiger partial charge in [-0.25, -0.2) is 8.78 Å². The van der Waals surface area contributed by atoms with Gasteiger partial charge in [-0.15, -0.1) is 0 Å². The smallest absolute Gasteiger partial charge is 0.266 e. The number of alkyl halides is 2. The molecule has 10 heavy (non-hydrogen) atoms. The van der Waals surface area contributed by atoms with Crippen LogP contribution < -0.4 is 0 Å². The fraction of sp³-hybridized carbons (Fsp3) is 1.00. The summed E-state index contributed by atoms with van der Waals surface area (Å²) in [5, 5.41) is 9.11. The largest absolute Gasteiger partial charge is 0.384 e. The second-order valence-corrected chi connectivity index (χ2v) is 2.84. The summed E-state index contributed by atoms with van der Waals surface area (Å²) in [7, 11) is 0. The van der Waals surface area contributed by atoms with E-state index in [0.717, 1.165) is 0 Å².